The number of aromatic amines is 1. The standard InChI is InChI=1S/C9H4Cl2FNO/c10-4-1-2-6(12)7-8(4)13-3-5(11)9(7)14/h1-3H,(H,13,14). The molecule has 14 heavy (non-hydrogen) atoms. The number of halogens is 3. The Morgan fingerprint density at radius 2 is 1.93 bits per heavy atom. The first-order valence-corrected chi connectivity index (χ1v) is 4.52. The van der Waals surface area contributed by atoms with E-state index in [0.29, 0.717) is 0 Å². The van der Waals surface area contributed by atoms with Crippen LogP contribution in [0.15, 0.2) is 23.1 Å². The molecule has 0 radical (unpaired) electrons. The van der Waals surface area contributed by atoms with E-state index in [0.717, 1.165) is 6.07 Å². The number of H-pyrrole nitrogens is 1. The van der Waals surface area contributed by atoms with Crippen LogP contribution in [0.25, 0.3) is 10.9 Å². The molecule has 0 bridgehead atoms. The maximum absolute atomic E-state index is 13.3. The number of nitrogens with one attached hydrogen (secondary N) is 1. The number of aromatic nitrogens is 1. The van der Waals surface area contributed by atoms with Crippen molar-refractivity contribution in [3.63, 3.8) is 0 Å². The highest BCUT2D eigenvalue weighted by Crippen LogP contribution is 2.22. The van der Waals surface area contributed by atoms with Crippen LogP contribution >= 0.6 is 23.2 Å². The normalized spacial score (nSPS) is 10.8. The lowest BCUT2D eigenvalue weighted by Crippen LogP contribution is -2.05. The van der Waals surface area contributed by atoms with Gasteiger partial charge in [0, 0.05) is 6.20 Å². The molecule has 0 amide bonds. The molecule has 0 aliphatic heterocycles. The van der Waals surface area contributed by atoms with Gasteiger partial charge in [-0.3, -0.25) is 4.79 Å². The third-order valence-electron chi connectivity index (χ3n) is 1.89. The summed E-state index contributed by atoms with van der Waals surface area (Å²) in [6.07, 6.45) is 1.29. The molecule has 0 unspecified atom stereocenters. The Labute approximate surface area is 88.3 Å². The fourth-order valence-electron chi connectivity index (χ4n) is 1.24. The van der Waals surface area contributed by atoms with Gasteiger partial charge in [-0.25, -0.2) is 4.39 Å². The van der Waals surface area contributed by atoms with Crippen LogP contribution in [0.2, 0.25) is 10.0 Å². The zero-order chi connectivity index (χ0) is 10.3. The highest BCUT2D eigenvalue weighted by molar-refractivity contribution is 6.35. The summed E-state index contributed by atoms with van der Waals surface area (Å²) in [5.74, 6) is -0.631. The molecule has 2 rings (SSSR count). The molecular formula is C9H4Cl2FNO. The van der Waals surface area contributed by atoms with E-state index in [9.17, 15) is 9.18 Å². The summed E-state index contributed by atoms with van der Waals surface area (Å²) in [5, 5.41) is 0.124. The van der Waals surface area contributed by atoms with Gasteiger partial charge in [-0.15, -0.1) is 0 Å². The Morgan fingerprint density at radius 3 is 2.64 bits per heavy atom. The van der Waals surface area contributed by atoms with Crippen molar-refractivity contribution in [3.05, 3.63) is 44.4 Å². The van der Waals surface area contributed by atoms with Gasteiger partial charge in [0.15, 0.2) is 0 Å². The molecule has 1 heterocycles. The monoisotopic (exact) mass is 231 g/mol. The molecule has 0 spiro atoms. The predicted molar refractivity (Wildman–Crippen MR) is 54.5 cm³/mol. The first-order chi connectivity index (χ1) is 6.61. The minimum absolute atomic E-state index is 0.0568. The maximum atomic E-state index is 13.3. The van der Waals surface area contributed by atoms with Crippen molar-refractivity contribution in [1.29, 1.82) is 0 Å². The Bertz CT molecular complexity index is 564. The predicted octanol–water partition coefficient (Wildman–Crippen LogP) is 2.97. The summed E-state index contributed by atoms with van der Waals surface area (Å²) in [5.41, 5.74) is -0.290. The second kappa shape index (κ2) is 3.26. The smallest absolute Gasteiger partial charge is 0.210 e. The number of rotatable bonds is 0. The van der Waals surface area contributed by atoms with E-state index in [-0.39, 0.29) is 20.9 Å². The largest absolute Gasteiger partial charge is 0.358 e. The minimum atomic E-state index is -0.631. The Morgan fingerprint density at radius 1 is 1.21 bits per heavy atom. The molecule has 5 heteroatoms. The second-order valence-corrected chi connectivity index (χ2v) is 3.56. The summed E-state index contributed by atoms with van der Waals surface area (Å²) >= 11 is 11.3. The molecular weight excluding hydrogens is 228 g/mol. The highest BCUT2D eigenvalue weighted by atomic mass is 35.5. The summed E-state index contributed by atoms with van der Waals surface area (Å²) in [6, 6.07) is 2.51. The van der Waals surface area contributed by atoms with E-state index >= 15 is 0 Å². The fraction of sp³-hybridized carbons (Fsp3) is 0. The summed E-state index contributed by atoms with van der Waals surface area (Å²) < 4.78 is 13.3. The Hall–Kier alpha value is -1.06. The number of hydrogen-bond donors (Lipinski definition) is 1. The van der Waals surface area contributed by atoms with Crippen LogP contribution in [0.4, 0.5) is 4.39 Å². The van der Waals surface area contributed by atoms with Crippen LogP contribution < -0.4 is 5.43 Å². The molecule has 0 aliphatic carbocycles. The van der Waals surface area contributed by atoms with E-state index in [4.69, 9.17) is 23.2 Å². The van der Waals surface area contributed by atoms with Crippen molar-refractivity contribution >= 4 is 34.1 Å². The van der Waals surface area contributed by atoms with E-state index in [2.05, 4.69) is 4.98 Å². The first-order valence-electron chi connectivity index (χ1n) is 3.76. The third-order valence-corrected chi connectivity index (χ3v) is 2.49. The van der Waals surface area contributed by atoms with Gasteiger partial charge in [0.2, 0.25) is 5.43 Å². The van der Waals surface area contributed by atoms with Gasteiger partial charge in [0.05, 0.1) is 15.9 Å². The molecule has 1 N–H and O–H groups in total. The topological polar surface area (TPSA) is 32.9 Å². The second-order valence-electron chi connectivity index (χ2n) is 2.74. The van der Waals surface area contributed by atoms with Crippen LogP contribution in [0.5, 0.6) is 0 Å². The first kappa shape index (κ1) is 9.49. The van der Waals surface area contributed by atoms with Crippen molar-refractivity contribution in [1.82, 2.24) is 4.98 Å². The van der Waals surface area contributed by atoms with Crippen LogP contribution in [0, 0.1) is 5.82 Å². The van der Waals surface area contributed by atoms with Crippen LogP contribution in [0.3, 0.4) is 0 Å². The van der Waals surface area contributed by atoms with Crippen molar-refractivity contribution < 1.29 is 4.39 Å². The van der Waals surface area contributed by atoms with Crippen LogP contribution in [-0.2, 0) is 0 Å². The molecule has 0 fully saturated rings. The summed E-state index contributed by atoms with van der Waals surface area (Å²) in [7, 11) is 0. The molecule has 0 atom stereocenters. The van der Waals surface area contributed by atoms with Gasteiger partial charge in [0.25, 0.3) is 0 Å². The molecule has 2 nitrogen and oxygen atoms in total. The van der Waals surface area contributed by atoms with Crippen LogP contribution in [0.1, 0.15) is 0 Å². The molecule has 1 aromatic heterocycles. The number of fused-ring (bicyclic) bond motifs is 1. The minimum Gasteiger partial charge on any atom is -0.358 e. The van der Waals surface area contributed by atoms with Crippen LogP contribution in [-0.4, -0.2) is 4.98 Å². The lowest BCUT2D eigenvalue weighted by atomic mass is 10.2. The number of benzene rings is 1. The van der Waals surface area contributed by atoms with Gasteiger partial charge in [-0.2, -0.15) is 0 Å². The van der Waals surface area contributed by atoms with E-state index in [1.54, 1.807) is 0 Å². The van der Waals surface area contributed by atoms with Crippen molar-refractivity contribution in [2.45, 2.75) is 0 Å². The molecule has 0 saturated heterocycles. The number of pyridine rings is 1. The zero-order valence-corrected chi connectivity index (χ0v) is 8.29. The van der Waals surface area contributed by atoms with Gasteiger partial charge in [-0.05, 0) is 12.1 Å². The molecule has 0 saturated carbocycles. The summed E-state index contributed by atoms with van der Waals surface area (Å²) in [4.78, 5) is 14.1. The SMILES string of the molecule is O=c1c(Cl)c[nH]c2c(Cl)ccc(F)c12. The van der Waals surface area contributed by atoms with Crippen molar-refractivity contribution in [2.75, 3.05) is 0 Å². The molecule has 1 aromatic carbocycles. The van der Waals surface area contributed by atoms with Gasteiger partial charge >= 0.3 is 0 Å². The number of hydrogen-bond acceptors (Lipinski definition) is 1. The average Bonchev–Trinajstić information content (AvgIpc) is 2.16. The van der Waals surface area contributed by atoms with Crippen molar-refractivity contribution in [2.24, 2.45) is 0 Å². The fourth-order valence-corrected chi connectivity index (χ4v) is 1.60. The van der Waals surface area contributed by atoms with E-state index < -0.39 is 11.2 Å². The lowest BCUT2D eigenvalue weighted by Gasteiger charge is -2.01. The van der Waals surface area contributed by atoms with E-state index in [1.165, 1.54) is 12.3 Å². The van der Waals surface area contributed by atoms with Gasteiger partial charge in [0.1, 0.15) is 10.8 Å². The zero-order valence-electron chi connectivity index (χ0n) is 6.77. The Kier molecular flexibility index (Phi) is 2.21. The van der Waals surface area contributed by atoms with Crippen molar-refractivity contribution in [3.8, 4) is 0 Å². The maximum Gasteiger partial charge on any atom is 0.210 e. The third kappa shape index (κ3) is 1.29. The molecule has 72 valence electrons. The molecule has 0 aliphatic rings. The van der Waals surface area contributed by atoms with Gasteiger partial charge in [-0.1, -0.05) is 23.2 Å². The Balaban J connectivity index is 3.09. The highest BCUT2D eigenvalue weighted by Gasteiger charge is 2.10. The summed E-state index contributed by atoms with van der Waals surface area (Å²) in [6.45, 7) is 0. The van der Waals surface area contributed by atoms with E-state index in [1.807, 2.05) is 0 Å². The lowest BCUT2D eigenvalue weighted by molar-refractivity contribution is 0.639. The van der Waals surface area contributed by atoms with Gasteiger partial charge < -0.3 is 4.98 Å². The average molecular weight is 232 g/mol. The quantitative estimate of drug-likeness (QED) is 0.744. The molecule has 2 aromatic rings.